The monoisotopic (exact) mass is 518 g/mol. The zero-order valence-corrected chi connectivity index (χ0v) is 21.7. The number of amides is 1. The molecule has 0 bridgehead atoms. The highest BCUT2D eigenvalue weighted by Crippen LogP contribution is 2.37. The first-order chi connectivity index (χ1) is 16.4. The summed E-state index contributed by atoms with van der Waals surface area (Å²) in [6, 6.07) is 7.93. The number of hydrogen-bond donors (Lipinski definition) is 3. The van der Waals surface area contributed by atoms with Crippen molar-refractivity contribution < 1.29 is 9.18 Å². The van der Waals surface area contributed by atoms with Crippen molar-refractivity contribution in [2.45, 2.75) is 52.2 Å². The Morgan fingerprint density at radius 3 is 2.66 bits per heavy atom. The summed E-state index contributed by atoms with van der Waals surface area (Å²) >= 11 is 12.5. The van der Waals surface area contributed by atoms with E-state index in [1.807, 2.05) is 39.8 Å². The van der Waals surface area contributed by atoms with Crippen LogP contribution in [0.3, 0.4) is 0 Å². The summed E-state index contributed by atoms with van der Waals surface area (Å²) in [6.07, 6.45) is 0.643. The molecule has 0 spiro atoms. The zero-order chi connectivity index (χ0) is 25.5. The molecule has 0 radical (unpaired) electrons. The number of rotatable bonds is 5. The van der Waals surface area contributed by atoms with E-state index in [1.54, 1.807) is 17.0 Å². The Balaban J connectivity index is 1.51. The minimum atomic E-state index is -0.592. The van der Waals surface area contributed by atoms with Gasteiger partial charge in [-0.1, -0.05) is 23.2 Å². The highest BCUT2D eigenvalue weighted by Gasteiger charge is 2.29. The van der Waals surface area contributed by atoms with Crippen molar-refractivity contribution in [3.05, 3.63) is 73.4 Å². The van der Waals surface area contributed by atoms with Gasteiger partial charge in [-0.05, 0) is 81.0 Å². The average Bonchev–Trinajstić information content (AvgIpc) is 2.76. The molecule has 0 unspecified atom stereocenters. The number of aromatic amines is 1. The van der Waals surface area contributed by atoms with Crippen molar-refractivity contribution in [3.63, 3.8) is 0 Å². The van der Waals surface area contributed by atoms with Gasteiger partial charge >= 0.3 is 0 Å². The Bertz CT molecular complexity index is 1350. The number of fused-ring (bicyclic) bond motifs is 2. The molecule has 1 aliphatic rings. The van der Waals surface area contributed by atoms with Crippen molar-refractivity contribution in [2.75, 3.05) is 18.4 Å². The number of halogens is 3. The number of nitrogens with zero attached hydrogens (tertiary/aromatic N) is 1. The van der Waals surface area contributed by atoms with Gasteiger partial charge in [0.15, 0.2) is 0 Å². The zero-order valence-electron chi connectivity index (χ0n) is 20.2. The Morgan fingerprint density at radius 1 is 1.20 bits per heavy atom. The van der Waals surface area contributed by atoms with Gasteiger partial charge < -0.3 is 20.5 Å². The maximum absolute atomic E-state index is 14.8. The molecule has 0 saturated carbocycles. The minimum absolute atomic E-state index is 0.0884. The molecule has 4 rings (SSSR count). The number of carbonyl (C=O) groups excluding carboxylic acids is 1. The van der Waals surface area contributed by atoms with Crippen LogP contribution in [0.15, 0.2) is 35.1 Å². The number of pyridine rings is 1. The number of nitrogens with one attached hydrogen (secondary N) is 3. The normalized spacial score (nSPS) is 15.9. The van der Waals surface area contributed by atoms with E-state index in [0.717, 1.165) is 11.1 Å². The predicted octanol–water partition coefficient (Wildman–Crippen LogP) is 5.42. The summed E-state index contributed by atoms with van der Waals surface area (Å²) in [7, 11) is 0. The third kappa shape index (κ3) is 5.63. The fraction of sp³-hybridized carbons (Fsp3) is 0.385. The Morgan fingerprint density at radius 2 is 1.94 bits per heavy atom. The van der Waals surface area contributed by atoms with Crippen molar-refractivity contribution in [3.8, 4) is 0 Å². The number of benzene rings is 2. The number of hydrogen-bond acceptors (Lipinski definition) is 4. The van der Waals surface area contributed by atoms with Crippen molar-refractivity contribution in [2.24, 2.45) is 0 Å². The van der Waals surface area contributed by atoms with Gasteiger partial charge in [-0.2, -0.15) is 0 Å². The van der Waals surface area contributed by atoms with Crippen LogP contribution < -0.4 is 16.2 Å². The van der Waals surface area contributed by atoms with Gasteiger partial charge in [-0.3, -0.25) is 9.59 Å². The van der Waals surface area contributed by atoms with Gasteiger partial charge in [0, 0.05) is 34.4 Å². The molecular weight excluding hydrogens is 490 g/mol. The van der Waals surface area contributed by atoms with Crippen LogP contribution in [0, 0.1) is 5.82 Å². The fourth-order valence-corrected chi connectivity index (χ4v) is 5.14. The van der Waals surface area contributed by atoms with Crippen LogP contribution in [0.2, 0.25) is 10.0 Å². The molecule has 9 heteroatoms. The predicted molar refractivity (Wildman–Crippen MR) is 140 cm³/mol. The molecule has 2 heterocycles. The Kier molecular flexibility index (Phi) is 7.13. The van der Waals surface area contributed by atoms with E-state index < -0.39 is 5.82 Å². The first kappa shape index (κ1) is 25.5. The molecule has 0 saturated heterocycles. The Hall–Kier alpha value is -2.61. The third-order valence-corrected chi connectivity index (χ3v) is 6.77. The largest absolute Gasteiger partial charge is 0.374 e. The maximum Gasteiger partial charge on any atom is 0.256 e. The van der Waals surface area contributed by atoms with E-state index >= 15 is 0 Å². The summed E-state index contributed by atoms with van der Waals surface area (Å²) in [5, 5.41) is 8.21. The highest BCUT2D eigenvalue weighted by atomic mass is 35.5. The van der Waals surface area contributed by atoms with Crippen LogP contribution in [0.1, 0.15) is 50.6 Å². The summed E-state index contributed by atoms with van der Waals surface area (Å²) in [5.41, 5.74) is 2.32. The second kappa shape index (κ2) is 9.80. The van der Waals surface area contributed by atoms with Crippen molar-refractivity contribution in [1.29, 1.82) is 0 Å². The standard InChI is InChI=1S/C26H29Cl2FN4O2/c1-14-24-15(7-17(27)10-20(24)28)5-6-33(14)23(34)13-30-22-9-16-8-18(12-31-26(2,3)4)32-25(35)19(16)11-21(22)29/h7-11,14,30-31H,5-6,12-13H2,1-4H3,(H,32,35)/t14-/m0/s1. The van der Waals surface area contributed by atoms with E-state index in [4.69, 9.17) is 23.2 Å². The SMILES string of the molecule is C[C@H]1c2c(Cl)cc(Cl)cc2CCN1C(=O)CNc1cc2cc(CNC(C)(C)C)[nH]c(=O)c2cc1F. The molecule has 1 atom stereocenters. The van der Waals surface area contributed by atoms with Gasteiger partial charge in [0.1, 0.15) is 5.82 Å². The molecule has 186 valence electrons. The van der Waals surface area contributed by atoms with Crippen molar-refractivity contribution >= 4 is 45.6 Å². The van der Waals surface area contributed by atoms with Gasteiger partial charge in [-0.15, -0.1) is 0 Å². The molecule has 3 N–H and O–H groups in total. The maximum atomic E-state index is 14.8. The lowest BCUT2D eigenvalue weighted by atomic mass is 9.93. The summed E-state index contributed by atoms with van der Waals surface area (Å²) in [6.45, 7) is 8.92. The van der Waals surface area contributed by atoms with Crippen LogP contribution >= 0.6 is 23.2 Å². The third-order valence-electron chi connectivity index (χ3n) is 6.23. The second-order valence-corrected chi connectivity index (χ2v) is 10.8. The molecule has 35 heavy (non-hydrogen) atoms. The lowest BCUT2D eigenvalue weighted by Gasteiger charge is -2.36. The van der Waals surface area contributed by atoms with E-state index in [0.29, 0.717) is 40.6 Å². The smallest absolute Gasteiger partial charge is 0.256 e. The number of aromatic nitrogens is 1. The molecule has 0 aliphatic carbocycles. The summed E-state index contributed by atoms with van der Waals surface area (Å²) in [5.74, 6) is -0.763. The van der Waals surface area contributed by atoms with Crippen molar-refractivity contribution in [1.82, 2.24) is 15.2 Å². The topological polar surface area (TPSA) is 77.2 Å². The highest BCUT2D eigenvalue weighted by molar-refractivity contribution is 6.35. The molecule has 1 aliphatic heterocycles. The summed E-state index contributed by atoms with van der Waals surface area (Å²) in [4.78, 5) is 30.1. The molecule has 2 aromatic carbocycles. The molecule has 0 fully saturated rings. The first-order valence-corrected chi connectivity index (χ1v) is 12.3. The van der Waals surface area contributed by atoms with Gasteiger partial charge in [0.2, 0.25) is 5.91 Å². The van der Waals surface area contributed by atoms with E-state index in [2.05, 4.69) is 15.6 Å². The quantitative estimate of drug-likeness (QED) is 0.421. The lowest BCUT2D eigenvalue weighted by molar-refractivity contribution is -0.131. The van der Waals surface area contributed by atoms with E-state index in [9.17, 15) is 14.0 Å². The minimum Gasteiger partial charge on any atom is -0.374 e. The molecule has 3 aromatic rings. The first-order valence-electron chi connectivity index (χ1n) is 11.5. The molecule has 1 aromatic heterocycles. The molecular formula is C26H29Cl2FN4O2. The van der Waals surface area contributed by atoms with Crippen LogP contribution in [-0.4, -0.2) is 34.4 Å². The van der Waals surface area contributed by atoms with Gasteiger partial charge in [0.05, 0.1) is 23.7 Å². The fourth-order valence-electron chi connectivity index (χ4n) is 4.45. The van der Waals surface area contributed by atoms with Crippen LogP contribution in [0.25, 0.3) is 10.8 Å². The van der Waals surface area contributed by atoms with E-state index in [-0.39, 0.29) is 40.7 Å². The van der Waals surface area contributed by atoms with Crippen LogP contribution in [0.5, 0.6) is 0 Å². The summed E-state index contributed by atoms with van der Waals surface area (Å²) < 4.78 is 14.8. The average molecular weight is 519 g/mol. The van der Waals surface area contributed by atoms with E-state index in [1.165, 1.54) is 6.07 Å². The number of H-pyrrole nitrogens is 1. The number of anilines is 1. The molecule has 1 amide bonds. The molecule has 6 nitrogen and oxygen atoms in total. The van der Waals surface area contributed by atoms with Crippen LogP contribution in [0.4, 0.5) is 10.1 Å². The van der Waals surface area contributed by atoms with Gasteiger partial charge in [-0.25, -0.2) is 4.39 Å². The Labute approximate surface area is 213 Å². The van der Waals surface area contributed by atoms with Gasteiger partial charge in [0.25, 0.3) is 5.56 Å². The second-order valence-electron chi connectivity index (χ2n) is 9.97. The lowest BCUT2D eigenvalue weighted by Crippen LogP contribution is -2.42. The number of carbonyl (C=O) groups is 1. The van der Waals surface area contributed by atoms with Crippen LogP contribution in [-0.2, 0) is 17.8 Å².